The van der Waals surface area contributed by atoms with Gasteiger partial charge < -0.3 is 4.98 Å². The molecule has 0 saturated heterocycles. The Morgan fingerprint density at radius 3 is 2.79 bits per heavy atom. The molecular weight excluding hydrogens is 246 g/mol. The summed E-state index contributed by atoms with van der Waals surface area (Å²) < 4.78 is 0.978. The Labute approximate surface area is 108 Å². The number of aromatic nitrogens is 3. The summed E-state index contributed by atoms with van der Waals surface area (Å²) >= 11 is 0. The van der Waals surface area contributed by atoms with Gasteiger partial charge in [0.2, 0.25) is 0 Å². The van der Waals surface area contributed by atoms with Crippen molar-refractivity contribution in [2.24, 2.45) is 0 Å². The van der Waals surface area contributed by atoms with Crippen LogP contribution in [-0.2, 0) is 6.54 Å². The number of aromatic amines is 1. The summed E-state index contributed by atoms with van der Waals surface area (Å²) in [5.41, 5.74) is 0.312. The zero-order valence-corrected chi connectivity index (χ0v) is 10.6. The van der Waals surface area contributed by atoms with Gasteiger partial charge in [-0.05, 0) is 25.5 Å². The van der Waals surface area contributed by atoms with Gasteiger partial charge in [0.05, 0.1) is 17.8 Å². The molecule has 6 nitrogen and oxygen atoms in total. The number of carbonyl (C=O) groups is 1. The van der Waals surface area contributed by atoms with Crippen molar-refractivity contribution in [2.75, 3.05) is 0 Å². The van der Waals surface area contributed by atoms with E-state index >= 15 is 0 Å². The highest BCUT2D eigenvalue weighted by molar-refractivity contribution is 5.93. The van der Waals surface area contributed by atoms with Gasteiger partial charge in [-0.15, -0.1) is 0 Å². The second-order valence-electron chi connectivity index (χ2n) is 4.22. The molecule has 0 bridgehead atoms. The molecule has 0 spiro atoms. The van der Waals surface area contributed by atoms with Crippen LogP contribution < -0.4 is 11.2 Å². The van der Waals surface area contributed by atoms with Crippen molar-refractivity contribution in [1.29, 1.82) is 0 Å². The van der Waals surface area contributed by atoms with Gasteiger partial charge >= 0.3 is 5.69 Å². The summed E-state index contributed by atoms with van der Waals surface area (Å²) in [6.45, 7) is 3.17. The number of nitrogens with zero attached hydrogens (tertiary/aromatic N) is 2. The van der Waals surface area contributed by atoms with Crippen molar-refractivity contribution in [3.05, 3.63) is 62.2 Å². The van der Waals surface area contributed by atoms with Crippen LogP contribution in [0.3, 0.4) is 0 Å². The third-order valence-corrected chi connectivity index (χ3v) is 2.87. The maximum atomic E-state index is 12.0. The fraction of sp³-hybridized carbons (Fsp3) is 0.231. The molecule has 0 unspecified atom stereocenters. The van der Waals surface area contributed by atoms with Gasteiger partial charge in [-0.3, -0.25) is 19.1 Å². The first-order valence-corrected chi connectivity index (χ1v) is 5.74. The first kappa shape index (κ1) is 12.9. The van der Waals surface area contributed by atoms with Gasteiger partial charge in [0.25, 0.3) is 5.56 Å². The largest absolute Gasteiger partial charge is 0.328 e. The molecule has 0 fully saturated rings. The van der Waals surface area contributed by atoms with E-state index in [0.717, 1.165) is 16.3 Å². The predicted octanol–water partition coefficient (Wildman–Crippen LogP) is 0.491. The van der Waals surface area contributed by atoms with Crippen molar-refractivity contribution in [2.45, 2.75) is 20.4 Å². The minimum absolute atomic E-state index is 0.0341. The van der Waals surface area contributed by atoms with E-state index in [0.29, 0.717) is 5.69 Å². The average molecular weight is 259 g/mol. The Morgan fingerprint density at radius 1 is 1.42 bits per heavy atom. The lowest BCUT2D eigenvalue weighted by atomic mass is 10.2. The van der Waals surface area contributed by atoms with Crippen molar-refractivity contribution in [3.8, 4) is 0 Å². The van der Waals surface area contributed by atoms with E-state index in [9.17, 15) is 14.4 Å². The molecule has 0 saturated carbocycles. The van der Waals surface area contributed by atoms with Gasteiger partial charge in [0.15, 0.2) is 5.78 Å². The fourth-order valence-electron chi connectivity index (χ4n) is 1.74. The van der Waals surface area contributed by atoms with Crippen LogP contribution in [0.25, 0.3) is 0 Å². The minimum atomic E-state index is -0.596. The van der Waals surface area contributed by atoms with Crippen molar-refractivity contribution in [3.63, 3.8) is 0 Å². The maximum absolute atomic E-state index is 12.0. The molecule has 2 aromatic heterocycles. The molecule has 2 heterocycles. The number of ketones is 1. The van der Waals surface area contributed by atoms with E-state index in [1.807, 2.05) is 13.0 Å². The quantitative estimate of drug-likeness (QED) is 0.813. The van der Waals surface area contributed by atoms with Crippen LogP contribution in [0.15, 0.2) is 34.1 Å². The Morgan fingerprint density at radius 2 is 2.16 bits per heavy atom. The average Bonchev–Trinajstić information content (AvgIpc) is 2.36. The third kappa shape index (κ3) is 2.52. The SMILES string of the molecule is CC(=O)c1c[nH]c(=O)n(Cc2ncccc2C)c1=O. The zero-order valence-electron chi connectivity index (χ0n) is 10.6. The summed E-state index contributed by atoms with van der Waals surface area (Å²) in [5.74, 6) is -0.382. The van der Waals surface area contributed by atoms with Crippen LogP contribution in [0.4, 0.5) is 0 Å². The normalized spacial score (nSPS) is 10.4. The van der Waals surface area contributed by atoms with E-state index < -0.39 is 11.2 Å². The molecule has 0 aliphatic heterocycles. The van der Waals surface area contributed by atoms with Crippen molar-refractivity contribution >= 4 is 5.78 Å². The van der Waals surface area contributed by atoms with E-state index in [1.165, 1.54) is 6.92 Å². The lowest BCUT2D eigenvalue weighted by Crippen LogP contribution is -2.38. The number of rotatable bonds is 3. The molecule has 0 atom stereocenters. The van der Waals surface area contributed by atoms with Gasteiger partial charge in [-0.25, -0.2) is 4.79 Å². The molecule has 2 aromatic rings. The van der Waals surface area contributed by atoms with Gasteiger partial charge in [-0.2, -0.15) is 0 Å². The minimum Gasteiger partial charge on any atom is -0.313 e. The van der Waals surface area contributed by atoms with Crippen molar-refractivity contribution in [1.82, 2.24) is 14.5 Å². The van der Waals surface area contributed by atoms with Crippen LogP contribution in [0.5, 0.6) is 0 Å². The molecule has 6 heteroatoms. The number of carbonyl (C=O) groups excluding carboxylic acids is 1. The highest BCUT2D eigenvalue weighted by Crippen LogP contribution is 2.03. The first-order valence-electron chi connectivity index (χ1n) is 5.74. The molecule has 0 aliphatic carbocycles. The fourth-order valence-corrected chi connectivity index (χ4v) is 1.74. The van der Waals surface area contributed by atoms with Crippen molar-refractivity contribution < 1.29 is 4.79 Å². The van der Waals surface area contributed by atoms with Crippen LogP contribution in [0, 0.1) is 6.92 Å². The standard InChI is InChI=1S/C13H13N3O3/c1-8-4-3-5-14-11(8)7-16-12(18)10(9(2)17)6-15-13(16)19/h3-6H,7H2,1-2H3,(H,15,19). The third-order valence-electron chi connectivity index (χ3n) is 2.87. The number of nitrogens with one attached hydrogen (secondary N) is 1. The van der Waals surface area contributed by atoms with Gasteiger partial charge in [0, 0.05) is 12.4 Å². The Hall–Kier alpha value is -2.50. The second-order valence-corrected chi connectivity index (χ2v) is 4.22. The Bertz CT molecular complexity index is 743. The van der Waals surface area contributed by atoms with Gasteiger partial charge in [-0.1, -0.05) is 6.07 Å². The number of hydrogen-bond acceptors (Lipinski definition) is 4. The predicted molar refractivity (Wildman–Crippen MR) is 69.4 cm³/mol. The summed E-state index contributed by atoms with van der Waals surface area (Å²) in [5, 5.41) is 0. The topological polar surface area (TPSA) is 84.8 Å². The van der Waals surface area contributed by atoms with Crippen LogP contribution in [-0.4, -0.2) is 20.3 Å². The summed E-state index contributed by atoms with van der Waals surface area (Å²) in [6, 6.07) is 3.62. The lowest BCUT2D eigenvalue weighted by Gasteiger charge is -2.07. The van der Waals surface area contributed by atoms with E-state index in [4.69, 9.17) is 0 Å². The maximum Gasteiger partial charge on any atom is 0.328 e. The van der Waals surface area contributed by atoms with E-state index in [1.54, 1.807) is 12.3 Å². The number of hydrogen-bond donors (Lipinski definition) is 1. The zero-order chi connectivity index (χ0) is 14.0. The number of aryl methyl sites for hydroxylation is 1. The molecule has 1 N–H and O–H groups in total. The van der Waals surface area contributed by atoms with Gasteiger partial charge in [0.1, 0.15) is 0 Å². The number of H-pyrrole nitrogens is 1. The first-order chi connectivity index (χ1) is 9.00. The molecule has 0 aromatic carbocycles. The smallest absolute Gasteiger partial charge is 0.313 e. The summed E-state index contributed by atoms with van der Waals surface area (Å²) in [4.78, 5) is 41.6. The molecular formula is C13H13N3O3. The molecule has 0 amide bonds. The molecule has 0 aliphatic rings. The molecule has 19 heavy (non-hydrogen) atoms. The Kier molecular flexibility index (Phi) is 3.41. The molecule has 98 valence electrons. The van der Waals surface area contributed by atoms with Crippen LogP contribution >= 0.6 is 0 Å². The number of pyridine rings is 1. The van der Waals surface area contributed by atoms with E-state index in [2.05, 4.69) is 9.97 Å². The lowest BCUT2D eigenvalue weighted by molar-refractivity contribution is 0.101. The highest BCUT2D eigenvalue weighted by atomic mass is 16.2. The monoisotopic (exact) mass is 259 g/mol. The summed E-state index contributed by atoms with van der Waals surface area (Å²) in [7, 11) is 0. The van der Waals surface area contributed by atoms with Crippen LogP contribution in [0.2, 0.25) is 0 Å². The summed E-state index contributed by atoms with van der Waals surface area (Å²) in [6.07, 6.45) is 2.74. The highest BCUT2D eigenvalue weighted by Gasteiger charge is 2.12. The molecule has 2 rings (SSSR count). The second kappa shape index (κ2) is 5.01. The van der Waals surface area contributed by atoms with E-state index in [-0.39, 0.29) is 17.9 Å². The Balaban J connectivity index is 2.55. The van der Waals surface area contributed by atoms with Crippen LogP contribution in [0.1, 0.15) is 28.5 Å². The number of Topliss-reactive ketones (excluding diaryl/α,β-unsaturated/α-hetero) is 1. The molecule has 0 radical (unpaired) electrons.